The number of thioether (sulfide) groups is 1. The lowest BCUT2D eigenvalue weighted by atomic mass is 10.1. The monoisotopic (exact) mass is 424 g/mol. The van der Waals surface area contributed by atoms with Crippen molar-refractivity contribution in [2.24, 2.45) is 7.05 Å². The van der Waals surface area contributed by atoms with Gasteiger partial charge in [-0.1, -0.05) is 36.7 Å². The van der Waals surface area contributed by atoms with E-state index in [1.807, 2.05) is 36.4 Å². The van der Waals surface area contributed by atoms with E-state index in [1.54, 1.807) is 7.05 Å². The number of benzene rings is 1. The van der Waals surface area contributed by atoms with Crippen LogP contribution in [0.2, 0.25) is 0 Å². The zero-order valence-corrected chi connectivity index (χ0v) is 17.7. The topological polar surface area (TPSA) is 102 Å². The van der Waals surface area contributed by atoms with Crippen LogP contribution in [-0.2, 0) is 11.8 Å². The molecule has 156 valence electrons. The van der Waals surface area contributed by atoms with Crippen LogP contribution in [0.15, 0.2) is 41.6 Å². The molecule has 3 heterocycles. The summed E-state index contributed by atoms with van der Waals surface area (Å²) in [6.45, 7) is 2.08. The molecular weight excluding hydrogens is 400 g/mol. The number of nitrogens with one attached hydrogen (secondary N) is 1. The van der Waals surface area contributed by atoms with Gasteiger partial charge in [-0.15, -0.1) is 15.3 Å². The molecule has 9 nitrogen and oxygen atoms in total. The van der Waals surface area contributed by atoms with Crippen molar-refractivity contribution in [3.05, 3.63) is 36.4 Å². The van der Waals surface area contributed by atoms with Crippen LogP contribution in [0.4, 0.5) is 11.5 Å². The van der Waals surface area contributed by atoms with Gasteiger partial charge in [0.15, 0.2) is 5.82 Å². The normalized spacial score (nSPS) is 14.4. The molecule has 1 amide bonds. The first-order valence-electron chi connectivity index (χ1n) is 10.0. The quantitative estimate of drug-likeness (QED) is 0.603. The molecule has 3 aromatic rings. The van der Waals surface area contributed by atoms with Crippen LogP contribution in [0.3, 0.4) is 0 Å². The lowest BCUT2D eigenvalue weighted by Gasteiger charge is -2.20. The summed E-state index contributed by atoms with van der Waals surface area (Å²) in [6.07, 6.45) is 4.98. The minimum atomic E-state index is -0.122. The fourth-order valence-electron chi connectivity index (χ4n) is 3.37. The van der Waals surface area contributed by atoms with E-state index in [9.17, 15) is 4.79 Å². The highest BCUT2D eigenvalue weighted by Crippen LogP contribution is 2.23. The highest BCUT2D eigenvalue weighted by atomic mass is 32.2. The molecule has 0 radical (unpaired) electrons. The minimum absolute atomic E-state index is 0.122. The first-order chi connectivity index (χ1) is 14.7. The van der Waals surface area contributed by atoms with Gasteiger partial charge in [-0.3, -0.25) is 4.79 Å². The van der Waals surface area contributed by atoms with Crippen LogP contribution < -0.4 is 10.2 Å². The van der Waals surface area contributed by atoms with Crippen molar-refractivity contribution in [3.8, 4) is 11.3 Å². The highest BCUT2D eigenvalue weighted by Gasteiger charge is 2.12. The Bertz CT molecular complexity index is 982. The van der Waals surface area contributed by atoms with Crippen LogP contribution in [0, 0.1) is 0 Å². The molecule has 2 aromatic heterocycles. The number of aryl methyl sites for hydroxylation is 1. The summed E-state index contributed by atoms with van der Waals surface area (Å²) >= 11 is 1.29. The Morgan fingerprint density at radius 2 is 1.90 bits per heavy atom. The van der Waals surface area contributed by atoms with E-state index in [4.69, 9.17) is 0 Å². The number of tetrazole rings is 1. The molecule has 1 fully saturated rings. The lowest BCUT2D eigenvalue weighted by molar-refractivity contribution is -0.113. The van der Waals surface area contributed by atoms with Crippen molar-refractivity contribution in [3.63, 3.8) is 0 Å². The number of carbonyl (C=O) groups is 1. The standard InChI is InChI=1S/C20H24N8OS/c1-27-20(24-25-26-27)30-14-19(29)21-16-8-6-7-15(13-16)17-9-10-18(23-22-17)28-11-4-2-3-5-12-28/h6-10,13H,2-5,11-12,14H2,1H3,(H,21,29). The molecule has 1 aromatic carbocycles. The Labute approximate surface area is 179 Å². The van der Waals surface area contributed by atoms with Crippen molar-refractivity contribution in [1.29, 1.82) is 0 Å². The molecule has 0 bridgehead atoms. The summed E-state index contributed by atoms with van der Waals surface area (Å²) in [5.41, 5.74) is 2.41. The predicted molar refractivity (Wildman–Crippen MR) is 116 cm³/mol. The summed E-state index contributed by atoms with van der Waals surface area (Å²) in [5, 5.41) is 23.5. The number of nitrogens with zero attached hydrogens (tertiary/aromatic N) is 7. The van der Waals surface area contributed by atoms with Gasteiger partial charge in [0.1, 0.15) is 0 Å². The summed E-state index contributed by atoms with van der Waals surface area (Å²) in [7, 11) is 1.74. The maximum Gasteiger partial charge on any atom is 0.234 e. The summed E-state index contributed by atoms with van der Waals surface area (Å²) in [6, 6.07) is 11.6. The average molecular weight is 425 g/mol. The second-order valence-corrected chi connectivity index (χ2v) is 8.12. The number of hydrogen-bond donors (Lipinski definition) is 1. The molecule has 1 saturated heterocycles. The highest BCUT2D eigenvalue weighted by molar-refractivity contribution is 7.99. The predicted octanol–water partition coefficient (Wildman–Crippen LogP) is 2.78. The Morgan fingerprint density at radius 3 is 2.60 bits per heavy atom. The molecule has 0 unspecified atom stereocenters. The Hall–Kier alpha value is -3.01. The van der Waals surface area contributed by atoms with E-state index in [1.165, 1.54) is 42.1 Å². The zero-order chi connectivity index (χ0) is 20.8. The Morgan fingerprint density at radius 1 is 1.07 bits per heavy atom. The summed E-state index contributed by atoms with van der Waals surface area (Å²) in [4.78, 5) is 14.6. The number of anilines is 2. The van der Waals surface area contributed by atoms with E-state index < -0.39 is 0 Å². The lowest BCUT2D eigenvalue weighted by Crippen LogP contribution is -2.25. The maximum atomic E-state index is 12.3. The average Bonchev–Trinajstić information content (AvgIpc) is 3.00. The van der Waals surface area contributed by atoms with Crippen molar-refractivity contribution < 1.29 is 4.79 Å². The largest absolute Gasteiger partial charge is 0.355 e. The molecule has 0 spiro atoms. The number of carbonyl (C=O) groups excluding carboxylic acids is 1. The Kier molecular flexibility index (Phi) is 6.53. The number of hydrogen-bond acceptors (Lipinski definition) is 8. The first kappa shape index (κ1) is 20.3. The fourth-order valence-corrected chi connectivity index (χ4v) is 4.02. The number of amides is 1. The smallest absolute Gasteiger partial charge is 0.234 e. The van der Waals surface area contributed by atoms with Crippen molar-refractivity contribution >= 4 is 29.2 Å². The second kappa shape index (κ2) is 9.66. The summed E-state index contributed by atoms with van der Waals surface area (Å²) in [5.74, 6) is 1.03. The number of rotatable bonds is 6. The second-order valence-electron chi connectivity index (χ2n) is 7.18. The van der Waals surface area contributed by atoms with Crippen LogP contribution in [0.5, 0.6) is 0 Å². The van der Waals surface area contributed by atoms with Gasteiger partial charge in [0, 0.05) is 31.4 Å². The maximum absolute atomic E-state index is 12.3. The van der Waals surface area contributed by atoms with Crippen molar-refractivity contribution in [1.82, 2.24) is 30.4 Å². The van der Waals surface area contributed by atoms with Gasteiger partial charge in [-0.2, -0.15) is 0 Å². The van der Waals surface area contributed by atoms with Crippen LogP contribution in [-0.4, -0.2) is 55.2 Å². The van der Waals surface area contributed by atoms with Gasteiger partial charge in [-0.25, -0.2) is 4.68 Å². The van der Waals surface area contributed by atoms with E-state index >= 15 is 0 Å². The molecule has 4 rings (SSSR count). The van der Waals surface area contributed by atoms with Crippen molar-refractivity contribution in [2.45, 2.75) is 30.8 Å². The zero-order valence-electron chi connectivity index (χ0n) is 16.9. The van der Waals surface area contributed by atoms with Gasteiger partial charge in [0.25, 0.3) is 0 Å². The van der Waals surface area contributed by atoms with E-state index in [0.29, 0.717) is 10.8 Å². The van der Waals surface area contributed by atoms with E-state index in [2.05, 4.69) is 35.9 Å². The third kappa shape index (κ3) is 5.12. The molecule has 1 aliphatic heterocycles. The molecule has 1 aliphatic rings. The first-order valence-corrected chi connectivity index (χ1v) is 11.0. The molecule has 10 heteroatoms. The van der Waals surface area contributed by atoms with Crippen LogP contribution in [0.1, 0.15) is 25.7 Å². The number of aromatic nitrogens is 6. The van der Waals surface area contributed by atoms with E-state index in [-0.39, 0.29) is 11.7 Å². The van der Waals surface area contributed by atoms with Gasteiger partial charge < -0.3 is 10.2 Å². The van der Waals surface area contributed by atoms with Crippen LogP contribution in [0.25, 0.3) is 11.3 Å². The third-order valence-corrected chi connectivity index (χ3v) is 5.95. The molecule has 0 saturated carbocycles. The summed E-state index contributed by atoms with van der Waals surface area (Å²) < 4.78 is 1.53. The molecule has 30 heavy (non-hydrogen) atoms. The molecule has 1 N–H and O–H groups in total. The SMILES string of the molecule is Cn1nnnc1SCC(=O)Nc1cccc(-c2ccc(N3CCCCCC3)nn2)c1. The van der Waals surface area contributed by atoms with Gasteiger partial charge in [0.05, 0.1) is 11.4 Å². The van der Waals surface area contributed by atoms with E-state index in [0.717, 1.165) is 30.2 Å². The fraction of sp³-hybridized carbons (Fsp3) is 0.400. The van der Waals surface area contributed by atoms with Gasteiger partial charge in [0.2, 0.25) is 11.1 Å². The van der Waals surface area contributed by atoms with Crippen LogP contribution >= 0.6 is 11.8 Å². The minimum Gasteiger partial charge on any atom is -0.355 e. The van der Waals surface area contributed by atoms with Gasteiger partial charge in [-0.05, 0) is 47.5 Å². The van der Waals surface area contributed by atoms with Gasteiger partial charge >= 0.3 is 0 Å². The molecular formula is C20H24N8OS. The molecule has 0 aliphatic carbocycles. The third-order valence-electron chi connectivity index (χ3n) is 4.94. The molecule has 0 atom stereocenters. The Balaban J connectivity index is 1.39. The van der Waals surface area contributed by atoms with Crippen molar-refractivity contribution in [2.75, 3.05) is 29.1 Å².